The number of hydrogen-bond donors (Lipinski definition) is 2. The molecule has 4 rings (SSSR count). The molecular formula is C19H27N9. The first-order valence-corrected chi connectivity index (χ1v) is 10.0. The molecule has 0 amide bonds. The van der Waals surface area contributed by atoms with Crippen molar-refractivity contribution in [2.45, 2.75) is 52.1 Å². The number of aryl methyl sites for hydroxylation is 2. The Morgan fingerprint density at radius 3 is 3.07 bits per heavy atom. The fraction of sp³-hybridized carbons (Fsp3) is 0.526. The zero-order chi connectivity index (χ0) is 19.3. The summed E-state index contributed by atoms with van der Waals surface area (Å²) in [6.45, 7) is 6.45. The van der Waals surface area contributed by atoms with Crippen LogP contribution in [0, 0.1) is 0 Å². The third kappa shape index (κ3) is 3.97. The number of nitrogens with one attached hydrogen (secondary N) is 2. The number of aliphatic imine (C=N–C) groups is 1. The summed E-state index contributed by atoms with van der Waals surface area (Å²) in [5.41, 5.74) is 0.865. The topological polar surface area (TPSA) is 97.3 Å². The predicted molar refractivity (Wildman–Crippen MR) is 107 cm³/mol. The Hall–Kier alpha value is -2.97. The van der Waals surface area contributed by atoms with E-state index in [0.717, 1.165) is 67.9 Å². The molecule has 2 N–H and O–H groups in total. The minimum atomic E-state index is 0.297. The molecule has 3 aromatic rings. The maximum absolute atomic E-state index is 4.73. The summed E-state index contributed by atoms with van der Waals surface area (Å²) in [6, 6.07) is 6.20. The highest BCUT2D eigenvalue weighted by atomic mass is 15.4. The second-order valence-corrected chi connectivity index (χ2v) is 6.92. The van der Waals surface area contributed by atoms with Crippen LogP contribution in [0.4, 0.5) is 0 Å². The summed E-state index contributed by atoms with van der Waals surface area (Å²) in [5.74, 6) is 3.78. The summed E-state index contributed by atoms with van der Waals surface area (Å²) < 4.78 is 4.04. The maximum atomic E-state index is 4.73. The molecule has 0 spiro atoms. The fourth-order valence-corrected chi connectivity index (χ4v) is 3.47. The van der Waals surface area contributed by atoms with Gasteiger partial charge in [0.25, 0.3) is 0 Å². The van der Waals surface area contributed by atoms with Crippen molar-refractivity contribution in [2.75, 3.05) is 13.1 Å². The van der Waals surface area contributed by atoms with Gasteiger partial charge in [0, 0.05) is 44.6 Å². The van der Waals surface area contributed by atoms with E-state index in [1.807, 2.05) is 33.5 Å². The molecule has 28 heavy (non-hydrogen) atoms. The molecule has 1 aliphatic heterocycles. The number of nitrogens with zero attached hydrogens (tertiary/aromatic N) is 7. The molecule has 9 heteroatoms. The van der Waals surface area contributed by atoms with Crippen molar-refractivity contribution < 1.29 is 0 Å². The van der Waals surface area contributed by atoms with Gasteiger partial charge in [0.1, 0.15) is 11.6 Å². The van der Waals surface area contributed by atoms with Crippen molar-refractivity contribution in [2.24, 2.45) is 4.99 Å². The van der Waals surface area contributed by atoms with E-state index in [1.54, 1.807) is 0 Å². The Bertz CT molecular complexity index is 955. The van der Waals surface area contributed by atoms with Crippen molar-refractivity contribution in [3.05, 3.63) is 41.9 Å². The molecule has 0 fully saturated rings. The van der Waals surface area contributed by atoms with Crippen LogP contribution in [-0.4, -0.2) is 54.5 Å². The van der Waals surface area contributed by atoms with Gasteiger partial charge >= 0.3 is 0 Å². The lowest BCUT2D eigenvalue weighted by Gasteiger charge is -2.25. The van der Waals surface area contributed by atoms with E-state index in [4.69, 9.17) is 4.99 Å². The molecule has 1 atom stereocenters. The number of guanidine groups is 1. The summed E-state index contributed by atoms with van der Waals surface area (Å²) in [4.78, 5) is 9.32. The van der Waals surface area contributed by atoms with Crippen LogP contribution in [0.1, 0.15) is 37.7 Å². The second kappa shape index (κ2) is 8.37. The van der Waals surface area contributed by atoms with Crippen LogP contribution >= 0.6 is 0 Å². The normalized spacial score (nSPS) is 16.9. The van der Waals surface area contributed by atoms with Crippen LogP contribution in [-0.2, 0) is 25.8 Å². The van der Waals surface area contributed by atoms with E-state index in [-0.39, 0.29) is 0 Å². The number of rotatable bonds is 6. The maximum Gasteiger partial charge on any atom is 0.191 e. The Labute approximate surface area is 164 Å². The average Bonchev–Trinajstić information content (AvgIpc) is 3.31. The van der Waals surface area contributed by atoms with E-state index < -0.39 is 0 Å². The molecule has 0 aromatic carbocycles. The van der Waals surface area contributed by atoms with Crippen LogP contribution in [0.25, 0.3) is 5.65 Å². The van der Waals surface area contributed by atoms with E-state index >= 15 is 0 Å². The van der Waals surface area contributed by atoms with Crippen molar-refractivity contribution in [3.8, 4) is 0 Å². The van der Waals surface area contributed by atoms with Gasteiger partial charge in [-0.05, 0) is 25.5 Å². The van der Waals surface area contributed by atoms with Gasteiger partial charge in [-0.3, -0.25) is 9.39 Å². The lowest BCUT2D eigenvalue weighted by Crippen LogP contribution is -2.47. The molecule has 0 aliphatic carbocycles. The number of pyridine rings is 1. The summed E-state index contributed by atoms with van der Waals surface area (Å²) in [6.07, 6.45) is 5.57. The highest BCUT2D eigenvalue weighted by molar-refractivity contribution is 5.80. The minimum Gasteiger partial charge on any atom is -0.357 e. The van der Waals surface area contributed by atoms with Gasteiger partial charge in [-0.1, -0.05) is 13.0 Å². The van der Waals surface area contributed by atoms with Gasteiger partial charge in [0.05, 0.1) is 6.54 Å². The average molecular weight is 381 g/mol. The van der Waals surface area contributed by atoms with Crippen LogP contribution in [0.5, 0.6) is 0 Å². The first-order chi connectivity index (χ1) is 13.8. The second-order valence-electron chi connectivity index (χ2n) is 6.92. The first-order valence-electron chi connectivity index (χ1n) is 10.0. The van der Waals surface area contributed by atoms with Crippen molar-refractivity contribution in [3.63, 3.8) is 0 Å². The first kappa shape index (κ1) is 18.4. The summed E-state index contributed by atoms with van der Waals surface area (Å²) in [5, 5.41) is 19.9. The highest BCUT2D eigenvalue weighted by Crippen LogP contribution is 2.13. The van der Waals surface area contributed by atoms with Crippen molar-refractivity contribution in [1.82, 2.24) is 40.0 Å². The van der Waals surface area contributed by atoms with Crippen molar-refractivity contribution in [1.29, 1.82) is 0 Å². The molecule has 3 aromatic heterocycles. The standard InChI is InChI=1S/C19H27N9/c1-3-15-23-16-9-8-14(13-28(16)26-15)22-19(20-4-2)21-11-10-18-25-24-17-7-5-6-12-27(17)18/h5-7,12,14H,3-4,8-11,13H2,1-2H3,(H2,20,21,22). The smallest absolute Gasteiger partial charge is 0.191 e. The van der Waals surface area contributed by atoms with Crippen LogP contribution in [0.15, 0.2) is 29.4 Å². The molecule has 0 radical (unpaired) electrons. The predicted octanol–water partition coefficient (Wildman–Crippen LogP) is 0.996. The largest absolute Gasteiger partial charge is 0.357 e. The van der Waals surface area contributed by atoms with E-state index in [9.17, 15) is 0 Å². The lowest BCUT2D eigenvalue weighted by molar-refractivity contribution is 0.392. The molecular weight excluding hydrogens is 354 g/mol. The zero-order valence-corrected chi connectivity index (χ0v) is 16.5. The van der Waals surface area contributed by atoms with Crippen LogP contribution in [0.2, 0.25) is 0 Å². The Kier molecular flexibility index (Phi) is 5.50. The fourth-order valence-electron chi connectivity index (χ4n) is 3.47. The highest BCUT2D eigenvalue weighted by Gasteiger charge is 2.22. The minimum absolute atomic E-state index is 0.297. The molecule has 148 valence electrons. The Morgan fingerprint density at radius 2 is 2.21 bits per heavy atom. The van der Waals surface area contributed by atoms with E-state index in [2.05, 4.69) is 44.8 Å². The Morgan fingerprint density at radius 1 is 1.29 bits per heavy atom. The molecule has 9 nitrogen and oxygen atoms in total. The summed E-state index contributed by atoms with van der Waals surface area (Å²) in [7, 11) is 0. The van der Waals surface area contributed by atoms with Gasteiger partial charge in [-0.2, -0.15) is 5.10 Å². The number of fused-ring (bicyclic) bond motifs is 2. The molecule has 0 saturated heterocycles. The van der Waals surface area contributed by atoms with Crippen LogP contribution in [0.3, 0.4) is 0 Å². The third-order valence-corrected chi connectivity index (χ3v) is 4.89. The molecule has 0 saturated carbocycles. The number of hydrogen-bond acceptors (Lipinski definition) is 5. The molecule has 0 bridgehead atoms. The van der Waals surface area contributed by atoms with E-state index in [1.165, 1.54) is 0 Å². The van der Waals surface area contributed by atoms with Gasteiger partial charge in [0.15, 0.2) is 17.4 Å². The van der Waals surface area contributed by atoms with Gasteiger partial charge in [-0.15, -0.1) is 10.2 Å². The zero-order valence-electron chi connectivity index (χ0n) is 16.5. The lowest BCUT2D eigenvalue weighted by atomic mass is 10.1. The SMILES string of the molecule is CCNC(=NCCc1nnc2ccccn12)NC1CCc2nc(CC)nn2C1. The van der Waals surface area contributed by atoms with Crippen LogP contribution < -0.4 is 10.6 Å². The van der Waals surface area contributed by atoms with Gasteiger partial charge in [0.2, 0.25) is 0 Å². The monoisotopic (exact) mass is 381 g/mol. The quantitative estimate of drug-likeness (QED) is 0.488. The number of aromatic nitrogens is 6. The van der Waals surface area contributed by atoms with Gasteiger partial charge < -0.3 is 10.6 Å². The molecule has 1 unspecified atom stereocenters. The molecule has 1 aliphatic rings. The third-order valence-electron chi connectivity index (χ3n) is 4.89. The van der Waals surface area contributed by atoms with E-state index in [0.29, 0.717) is 12.6 Å². The van der Waals surface area contributed by atoms with Crippen molar-refractivity contribution >= 4 is 11.6 Å². The Balaban J connectivity index is 1.38. The van der Waals surface area contributed by atoms with Gasteiger partial charge in [-0.25, -0.2) is 9.67 Å². The summed E-state index contributed by atoms with van der Waals surface area (Å²) >= 11 is 0. The molecule has 4 heterocycles.